The number of Topliss-reactive ketones (excluding diaryl/α,β-unsaturated/α-hetero) is 1. The van der Waals surface area contributed by atoms with Gasteiger partial charge in [-0.15, -0.1) is 0 Å². The first-order valence-corrected chi connectivity index (χ1v) is 2.51. The number of ketones is 1. The number of carbonyl (C=O) groups is 3. The fourth-order valence-electron chi connectivity index (χ4n) is 0.0676. The van der Waals surface area contributed by atoms with Crippen molar-refractivity contribution in [3.8, 4) is 0 Å². The third-order valence-electron chi connectivity index (χ3n) is 0.457. The number of carbonyl (C=O) groups excluding carboxylic acids is 2. The number of aldehydes is 1. The van der Waals surface area contributed by atoms with Crippen LogP contribution >= 0.6 is 0 Å². The van der Waals surface area contributed by atoms with Crippen molar-refractivity contribution in [2.45, 2.75) is 0 Å². The van der Waals surface area contributed by atoms with Gasteiger partial charge in [-0.25, -0.2) is 4.79 Å². The molecule has 0 aromatic rings. The fraction of sp³-hybridized carbons (Fsp3) is 0.400. The first-order valence-electron chi connectivity index (χ1n) is 2.51. The molecule has 0 atom stereocenters. The van der Waals surface area contributed by atoms with Gasteiger partial charge in [-0.1, -0.05) is 0 Å². The number of rotatable bonds is 3. The molecule has 0 spiro atoms. The Labute approximate surface area is 62.1 Å². The van der Waals surface area contributed by atoms with Gasteiger partial charge in [0.25, 0.3) is 5.78 Å². The van der Waals surface area contributed by atoms with Crippen molar-refractivity contribution >= 4 is 18.0 Å². The summed E-state index contributed by atoms with van der Waals surface area (Å²) in [5, 5.41) is 23.0. The summed E-state index contributed by atoms with van der Waals surface area (Å²) in [5.74, 6) is -2.78. The van der Waals surface area contributed by atoms with Crippen molar-refractivity contribution in [2.75, 3.05) is 13.2 Å². The molecule has 0 amide bonds. The number of aliphatic hydroxyl groups is 2. The molecule has 6 heteroatoms. The second-order valence-electron chi connectivity index (χ2n) is 1.24. The highest BCUT2D eigenvalue weighted by atomic mass is 16.4. The molecule has 0 aliphatic heterocycles. The Morgan fingerprint density at radius 2 is 1.64 bits per heavy atom. The van der Waals surface area contributed by atoms with Crippen LogP contribution < -0.4 is 0 Å². The lowest BCUT2D eigenvalue weighted by molar-refractivity contribution is -0.150. The number of hydrogen-bond donors (Lipinski definition) is 3. The molecule has 0 aliphatic rings. The lowest BCUT2D eigenvalue weighted by atomic mass is 10.4. The SMILES string of the molecule is O=C(O)C(=O)CO.O=CCO. The number of aliphatic carboxylic acids is 1. The zero-order valence-electron chi connectivity index (χ0n) is 5.56. The number of carboxylic acids is 1. The second-order valence-corrected chi connectivity index (χ2v) is 1.24. The van der Waals surface area contributed by atoms with Gasteiger partial charge in [0.05, 0.1) is 6.61 Å². The lowest BCUT2D eigenvalue weighted by Gasteiger charge is -1.80. The van der Waals surface area contributed by atoms with Crippen LogP contribution in [0.15, 0.2) is 0 Å². The highest BCUT2D eigenvalue weighted by Crippen LogP contribution is 1.65. The summed E-state index contributed by atoms with van der Waals surface area (Å²) in [7, 11) is 0. The van der Waals surface area contributed by atoms with Gasteiger partial charge in [-0.3, -0.25) is 4.79 Å². The van der Waals surface area contributed by atoms with Crippen LogP contribution in [0.2, 0.25) is 0 Å². The number of carboxylic acid groups (broad SMARTS) is 1. The average molecular weight is 164 g/mol. The predicted molar refractivity (Wildman–Crippen MR) is 32.9 cm³/mol. The van der Waals surface area contributed by atoms with E-state index in [1.807, 2.05) is 0 Å². The summed E-state index contributed by atoms with van der Waals surface area (Å²) in [6.07, 6.45) is 0.431. The molecule has 0 aromatic heterocycles. The third kappa shape index (κ3) is 12.0. The van der Waals surface area contributed by atoms with Crippen molar-refractivity contribution < 1.29 is 29.7 Å². The van der Waals surface area contributed by atoms with E-state index >= 15 is 0 Å². The van der Waals surface area contributed by atoms with E-state index in [4.69, 9.17) is 20.1 Å². The molecule has 3 N–H and O–H groups in total. The molecule has 0 aliphatic carbocycles. The number of hydrogen-bond acceptors (Lipinski definition) is 5. The summed E-state index contributed by atoms with van der Waals surface area (Å²) in [6.45, 7) is -1.28. The quantitative estimate of drug-likeness (QED) is 0.322. The molecule has 6 nitrogen and oxygen atoms in total. The van der Waals surface area contributed by atoms with Gasteiger partial charge < -0.3 is 20.1 Å². The van der Waals surface area contributed by atoms with E-state index in [9.17, 15) is 9.59 Å². The van der Waals surface area contributed by atoms with E-state index in [-0.39, 0.29) is 6.61 Å². The highest BCUT2D eigenvalue weighted by Gasteiger charge is 2.06. The largest absolute Gasteiger partial charge is 0.475 e. The van der Waals surface area contributed by atoms with Crippen LogP contribution in [-0.4, -0.2) is 46.6 Å². The molecule has 11 heavy (non-hydrogen) atoms. The van der Waals surface area contributed by atoms with Gasteiger partial charge in [-0.05, 0) is 0 Å². The monoisotopic (exact) mass is 164 g/mol. The van der Waals surface area contributed by atoms with Crippen molar-refractivity contribution in [3.63, 3.8) is 0 Å². The van der Waals surface area contributed by atoms with Crippen LogP contribution in [0, 0.1) is 0 Å². The second kappa shape index (κ2) is 8.73. The Morgan fingerprint density at radius 3 is 1.64 bits per heavy atom. The maximum atomic E-state index is 9.66. The van der Waals surface area contributed by atoms with E-state index in [1.54, 1.807) is 0 Å². The lowest BCUT2D eigenvalue weighted by Crippen LogP contribution is -2.15. The molecule has 0 aromatic carbocycles. The molecule has 0 radical (unpaired) electrons. The van der Waals surface area contributed by atoms with Gasteiger partial charge >= 0.3 is 5.97 Å². The van der Waals surface area contributed by atoms with Crippen LogP contribution in [0.4, 0.5) is 0 Å². The maximum absolute atomic E-state index is 9.66. The molecule has 0 fully saturated rings. The predicted octanol–water partition coefficient (Wildman–Crippen LogP) is -2.19. The van der Waals surface area contributed by atoms with Crippen molar-refractivity contribution in [1.82, 2.24) is 0 Å². The van der Waals surface area contributed by atoms with Gasteiger partial charge in [0.1, 0.15) is 12.9 Å². The molecule has 0 saturated heterocycles. The number of aliphatic hydroxyl groups excluding tert-OH is 2. The van der Waals surface area contributed by atoms with Crippen LogP contribution in [-0.2, 0) is 14.4 Å². The van der Waals surface area contributed by atoms with E-state index in [1.165, 1.54) is 0 Å². The van der Waals surface area contributed by atoms with Gasteiger partial charge in [0.2, 0.25) is 0 Å². The van der Waals surface area contributed by atoms with E-state index < -0.39 is 18.4 Å². The third-order valence-corrected chi connectivity index (χ3v) is 0.457. The van der Waals surface area contributed by atoms with E-state index in [0.29, 0.717) is 6.29 Å². The smallest absolute Gasteiger partial charge is 0.374 e. The Balaban J connectivity index is 0. The molecule has 0 saturated carbocycles. The summed E-state index contributed by atoms with van der Waals surface area (Å²) in [6, 6.07) is 0. The molecule has 64 valence electrons. The van der Waals surface area contributed by atoms with Crippen LogP contribution in [0.25, 0.3) is 0 Å². The van der Waals surface area contributed by atoms with Crippen molar-refractivity contribution in [3.05, 3.63) is 0 Å². The topological polar surface area (TPSA) is 112 Å². The maximum Gasteiger partial charge on any atom is 0.374 e. The molecule has 0 rings (SSSR count). The summed E-state index contributed by atoms with van der Waals surface area (Å²) >= 11 is 0. The zero-order chi connectivity index (χ0) is 9.28. The standard InChI is InChI=1S/C3H4O4.C2H4O2/c4-1-2(5)3(6)7;3-1-2-4/h4H,1H2,(H,6,7);1,4H,2H2. The minimum Gasteiger partial charge on any atom is -0.475 e. The minimum atomic E-state index is -1.59. The Hall–Kier alpha value is -1.27. The van der Waals surface area contributed by atoms with Crippen molar-refractivity contribution in [1.29, 1.82) is 0 Å². The normalized spacial score (nSPS) is 7.45. The molecular weight excluding hydrogens is 156 g/mol. The Morgan fingerprint density at radius 1 is 1.27 bits per heavy atom. The summed E-state index contributed by atoms with van der Waals surface area (Å²) in [4.78, 5) is 28.0. The van der Waals surface area contributed by atoms with Gasteiger partial charge in [0.15, 0.2) is 0 Å². The zero-order valence-corrected chi connectivity index (χ0v) is 5.56. The van der Waals surface area contributed by atoms with E-state index in [2.05, 4.69) is 0 Å². The first-order chi connectivity index (χ1) is 5.09. The summed E-state index contributed by atoms with van der Waals surface area (Å²) < 4.78 is 0. The molecule has 0 bridgehead atoms. The molecular formula is C5H8O6. The first kappa shape index (κ1) is 12.4. The minimum absolute atomic E-state index is 0.361. The van der Waals surface area contributed by atoms with Gasteiger partial charge in [0, 0.05) is 0 Å². The van der Waals surface area contributed by atoms with Crippen LogP contribution in [0.3, 0.4) is 0 Å². The average Bonchev–Trinajstić information content (AvgIpc) is 2.03. The van der Waals surface area contributed by atoms with Crippen LogP contribution in [0.5, 0.6) is 0 Å². The van der Waals surface area contributed by atoms with Crippen molar-refractivity contribution in [2.24, 2.45) is 0 Å². The van der Waals surface area contributed by atoms with Crippen LogP contribution in [0.1, 0.15) is 0 Å². The fourth-order valence-corrected chi connectivity index (χ4v) is 0.0676. The molecule has 0 heterocycles. The Bertz CT molecular complexity index is 140. The van der Waals surface area contributed by atoms with Gasteiger partial charge in [-0.2, -0.15) is 0 Å². The highest BCUT2D eigenvalue weighted by molar-refractivity contribution is 6.33. The Kier molecular flexibility index (Phi) is 9.85. The van der Waals surface area contributed by atoms with E-state index in [0.717, 1.165) is 0 Å². The summed E-state index contributed by atoms with van der Waals surface area (Å²) in [5.41, 5.74) is 0. The molecule has 0 unspecified atom stereocenters.